The van der Waals surface area contributed by atoms with E-state index in [1.807, 2.05) is 35.2 Å². The molecule has 0 radical (unpaired) electrons. The van der Waals surface area contributed by atoms with Crippen molar-refractivity contribution in [3.05, 3.63) is 65.7 Å². The zero-order chi connectivity index (χ0) is 16.1. The molecule has 1 atom stereocenters. The minimum absolute atomic E-state index is 0.00426. The Morgan fingerprint density at radius 2 is 1.87 bits per heavy atom. The van der Waals surface area contributed by atoms with Crippen LogP contribution in [0.5, 0.6) is 0 Å². The van der Waals surface area contributed by atoms with Crippen molar-refractivity contribution >= 4 is 11.7 Å². The molecule has 0 aromatic heterocycles. The number of carbonyl (C=O) groups excluding carboxylic acids is 1. The lowest BCUT2D eigenvalue weighted by Crippen LogP contribution is -2.38. The number of nitrogens with one attached hydrogen (secondary N) is 1. The Kier molecular flexibility index (Phi) is 4.96. The molecule has 0 unspecified atom stereocenters. The largest absolute Gasteiger partial charge is 0.322 e. The third-order valence-electron chi connectivity index (χ3n) is 4.47. The maximum atomic E-state index is 12.8. The summed E-state index contributed by atoms with van der Waals surface area (Å²) in [6.45, 7) is 2.92. The Bertz CT molecular complexity index is 654. The van der Waals surface area contributed by atoms with Crippen LogP contribution in [0, 0.1) is 6.92 Å². The number of para-hydroxylation sites is 1. The molecule has 1 fully saturated rings. The lowest BCUT2D eigenvalue weighted by Gasteiger charge is -2.30. The molecule has 1 heterocycles. The number of aryl methyl sites for hydroxylation is 1. The van der Waals surface area contributed by atoms with Crippen LogP contribution in [0.2, 0.25) is 0 Å². The van der Waals surface area contributed by atoms with Crippen LogP contribution < -0.4 is 5.32 Å². The van der Waals surface area contributed by atoms with Crippen LogP contribution in [0.1, 0.15) is 42.9 Å². The second kappa shape index (κ2) is 7.32. The SMILES string of the molecule is Cc1cccc([C@@H]2CCCCCN2C(=O)Nc2ccccc2)c1. The Morgan fingerprint density at radius 1 is 1.04 bits per heavy atom. The normalized spacial score (nSPS) is 18.3. The number of hydrogen-bond donors (Lipinski definition) is 1. The first-order valence-corrected chi connectivity index (χ1v) is 8.43. The third-order valence-corrected chi connectivity index (χ3v) is 4.47. The molecule has 23 heavy (non-hydrogen) atoms. The summed E-state index contributed by atoms with van der Waals surface area (Å²) in [6.07, 6.45) is 4.47. The predicted octanol–water partition coefficient (Wildman–Crippen LogP) is 5.14. The minimum Gasteiger partial charge on any atom is -0.317 e. The van der Waals surface area contributed by atoms with Crippen molar-refractivity contribution in [2.45, 2.75) is 38.6 Å². The fourth-order valence-electron chi connectivity index (χ4n) is 3.29. The molecule has 0 aliphatic carbocycles. The first-order valence-electron chi connectivity index (χ1n) is 8.43. The van der Waals surface area contributed by atoms with Gasteiger partial charge in [-0.1, -0.05) is 60.9 Å². The molecule has 1 aliphatic rings. The van der Waals surface area contributed by atoms with Crippen LogP contribution >= 0.6 is 0 Å². The van der Waals surface area contributed by atoms with Crippen molar-refractivity contribution in [1.82, 2.24) is 4.90 Å². The van der Waals surface area contributed by atoms with Crippen LogP contribution in [0.4, 0.5) is 10.5 Å². The van der Waals surface area contributed by atoms with E-state index in [0.717, 1.165) is 25.1 Å². The van der Waals surface area contributed by atoms with Gasteiger partial charge in [-0.2, -0.15) is 0 Å². The Morgan fingerprint density at radius 3 is 2.65 bits per heavy atom. The van der Waals surface area contributed by atoms with E-state index in [0.29, 0.717) is 0 Å². The molecule has 2 amide bonds. The van der Waals surface area contributed by atoms with Gasteiger partial charge in [0.15, 0.2) is 0 Å². The second-order valence-corrected chi connectivity index (χ2v) is 6.27. The van der Waals surface area contributed by atoms with Crippen LogP contribution in [0.3, 0.4) is 0 Å². The lowest BCUT2D eigenvalue weighted by molar-refractivity contribution is 0.189. The molecular weight excluding hydrogens is 284 g/mol. The molecule has 3 nitrogen and oxygen atoms in total. The lowest BCUT2D eigenvalue weighted by atomic mass is 9.99. The topological polar surface area (TPSA) is 32.3 Å². The quantitative estimate of drug-likeness (QED) is 0.818. The molecule has 120 valence electrons. The predicted molar refractivity (Wildman–Crippen MR) is 94.6 cm³/mol. The molecule has 3 heteroatoms. The molecule has 3 rings (SSSR count). The molecular formula is C20H24N2O. The number of nitrogens with zero attached hydrogens (tertiary/aromatic N) is 1. The number of anilines is 1. The molecule has 0 bridgehead atoms. The van der Waals surface area contributed by atoms with Crippen molar-refractivity contribution in [3.8, 4) is 0 Å². The number of benzene rings is 2. The number of likely N-dealkylation sites (tertiary alicyclic amines) is 1. The maximum absolute atomic E-state index is 12.8. The Balaban J connectivity index is 1.82. The van der Waals surface area contributed by atoms with Gasteiger partial charge in [-0.3, -0.25) is 0 Å². The van der Waals surface area contributed by atoms with Crippen LogP contribution in [-0.2, 0) is 0 Å². The van der Waals surface area contributed by atoms with Gasteiger partial charge >= 0.3 is 6.03 Å². The average Bonchev–Trinajstić information content (AvgIpc) is 2.82. The van der Waals surface area contributed by atoms with E-state index in [2.05, 4.69) is 36.5 Å². The monoisotopic (exact) mass is 308 g/mol. The second-order valence-electron chi connectivity index (χ2n) is 6.27. The molecule has 1 aliphatic heterocycles. The number of rotatable bonds is 2. The van der Waals surface area contributed by atoms with E-state index in [-0.39, 0.29) is 12.1 Å². The van der Waals surface area contributed by atoms with Gasteiger partial charge in [0, 0.05) is 12.2 Å². The number of amides is 2. The summed E-state index contributed by atoms with van der Waals surface area (Å²) in [7, 11) is 0. The van der Waals surface area contributed by atoms with Gasteiger partial charge in [0.2, 0.25) is 0 Å². The number of urea groups is 1. The zero-order valence-electron chi connectivity index (χ0n) is 13.7. The van der Waals surface area contributed by atoms with Crippen molar-refractivity contribution < 1.29 is 4.79 Å². The summed E-state index contributed by atoms with van der Waals surface area (Å²) in [4.78, 5) is 14.8. The van der Waals surface area contributed by atoms with Gasteiger partial charge in [0.1, 0.15) is 0 Å². The van der Waals surface area contributed by atoms with Crippen molar-refractivity contribution in [2.24, 2.45) is 0 Å². The van der Waals surface area contributed by atoms with E-state index in [4.69, 9.17) is 0 Å². The van der Waals surface area contributed by atoms with Gasteiger partial charge in [-0.25, -0.2) is 4.79 Å². The summed E-state index contributed by atoms with van der Waals surface area (Å²) < 4.78 is 0. The summed E-state index contributed by atoms with van der Waals surface area (Å²) in [5.74, 6) is 0. The van der Waals surface area contributed by atoms with E-state index < -0.39 is 0 Å². The molecule has 0 saturated carbocycles. The molecule has 2 aromatic rings. The smallest absolute Gasteiger partial charge is 0.317 e. The van der Waals surface area contributed by atoms with Crippen molar-refractivity contribution in [3.63, 3.8) is 0 Å². The highest BCUT2D eigenvalue weighted by Crippen LogP contribution is 2.31. The van der Waals surface area contributed by atoms with Gasteiger partial charge in [0.25, 0.3) is 0 Å². The van der Waals surface area contributed by atoms with E-state index in [1.165, 1.54) is 24.0 Å². The van der Waals surface area contributed by atoms with Crippen molar-refractivity contribution in [1.29, 1.82) is 0 Å². The van der Waals surface area contributed by atoms with Crippen LogP contribution in [0.25, 0.3) is 0 Å². The highest BCUT2D eigenvalue weighted by atomic mass is 16.2. The van der Waals surface area contributed by atoms with E-state index in [9.17, 15) is 4.79 Å². The highest BCUT2D eigenvalue weighted by Gasteiger charge is 2.26. The number of hydrogen-bond acceptors (Lipinski definition) is 1. The summed E-state index contributed by atoms with van der Waals surface area (Å²) >= 11 is 0. The highest BCUT2D eigenvalue weighted by molar-refractivity contribution is 5.89. The van der Waals surface area contributed by atoms with Crippen LogP contribution in [-0.4, -0.2) is 17.5 Å². The van der Waals surface area contributed by atoms with Gasteiger partial charge in [-0.15, -0.1) is 0 Å². The van der Waals surface area contributed by atoms with E-state index >= 15 is 0 Å². The van der Waals surface area contributed by atoms with Gasteiger partial charge in [-0.05, 0) is 37.5 Å². The molecule has 0 spiro atoms. The maximum Gasteiger partial charge on any atom is 0.322 e. The van der Waals surface area contributed by atoms with Crippen molar-refractivity contribution in [2.75, 3.05) is 11.9 Å². The first kappa shape index (κ1) is 15.6. The standard InChI is InChI=1S/C20H24N2O/c1-16-9-8-10-17(15-16)19-13-6-3-7-14-22(19)20(23)21-18-11-4-2-5-12-18/h2,4-5,8-12,15,19H,3,6-7,13-14H2,1H3,(H,21,23)/t19-/m0/s1. The summed E-state index contributed by atoms with van der Waals surface area (Å²) in [5, 5.41) is 3.04. The summed E-state index contributed by atoms with van der Waals surface area (Å²) in [6, 6.07) is 18.4. The summed E-state index contributed by atoms with van der Waals surface area (Å²) in [5.41, 5.74) is 3.34. The third kappa shape index (κ3) is 3.92. The fourth-order valence-corrected chi connectivity index (χ4v) is 3.29. The Hall–Kier alpha value is -2.29. The zero-order valence-corrected chi connectivity index (χ0v) is 13.7. The fraction of sp³-hybridized carbons (Fsp3) is 0.350. The number of carbonyl (C=O) groups is 1. The molecule has 2 aromatic carbocycles. The van der Waals surface area contributed by atoms with Gasteiger partial charge in [0.05, 0.1) is 6.04 Å². The molecule has 1 saturated heterocycles. The van der Waals surface area contributed by atoms with E-state index in [1.54, 1.807) is 0 Å². The van der Waals surface area contributed by atoms with Gasteiger partial charge < -0.3 is 10.2 Å². The first-order chi connectivity index (χ1) is 11.2. The average molecular weight is 308 g/mol. The Labute approximate surface area is 138 Å². The van der Waals surface area contributed by atoms with Crippen LogP contribution in [0.15, 0.2) is 54.6 Å². The molecule has 1 N–H and O–H groups in total. The minimum atomic E-state index is 0.00426.